The van der Waals surface area contributed by atoms with E-state index in [2.05, 4.69) is 10.6 Å². The summed E-state index contributed by atoms with van der Waals surface area (Å²) in [5.41, 5.74) is 0.164. The first-order valence-corrected chi connectivity index (χ1v) is 7.68. The highest BCUT2D eigenvalue weighted by molar-refractivity contribution is 6.04. The Hall–Kier alpha value is -2.60. The van der Waals surface area contributed by atoms with E-state index < -0.39 is 17.4 Å². The first-order chi connectivity index (χ1) is 11.3. The van der Waals surface area contributed by atoms with Crippen molar-refractivity contribution >= 4 is 17.5 Å². The molecule has 1 aromatic heterocycles. The van der Waals surface area contributed by atoms with E-state index in [4.69, 9.17) is 4.42 Å². The maximum Gasteiger partial charge on any atom is 0.254 e. The van der Waals surface area contributed by atoms with Crippen molar-refractivity contribution in [3.63, 3.8) is 0 Å². The molecule has 1 unspecified atom stereocenters. The third kappa shape index (κ3) is 4.23. The number of nitrogens with one attached hydrogen (secondary N) is 2. The molecular weight excluding hydrogens is 308 g/mol. The Morgan fingerprint density at radius 2 is 1.88 bits per heavy atom. The van der Waals surface area contributed by atoms with Crippen molar-refractivity contribution < 1.29 is 19.1 Å². The molecule has 1 atom stereocenters. The summed E-state index contributed by atoms with van der Waals surface area (Å²) in [4.78, 5) is 24.7. The number of carbonyl (C=O) groups excluding carboxylic acids is 2. The monoisotopic (exact) mass is 330 g/mol. The lowest BCUT2D eigenvalue weighted by atomic mass is 9.95. The van der Waals surface area contributed by atoms with E-state index >= 15 is 0 Å². The fraction of sp³-hybridized carbons (Fsp3) is 0.333. The van der Waals surface area contributed by atoms with Gasteiger partial charge < -0.3 is 20.2 Å². The molecule has 1 aromatic carbocycles. The van der Waals surface area contributed by atoms with Crippen LogP contribution in [0.3, 0.4) is 0 Å². The van der Waals surface area contributed by atoms with E-state index in [0.29, 0.717) is 17.0 Å². The average molecular weight is 330 g/mol. The molecule has 128 valence electrons. The molecule has 0 radical (unpaired) electrons. The van der Waals surface area contributed by atoms with Crippen molar-refractivity contribution in [1.82, 2.24) is 5.32 Å². The SMILES string of the molecule is CC(C)(C)C(=O)Nc1ccccc1C(=O)NC(CO)c1ccco1. The quantitative estimate of drug-likeness (QED) is 0.786. The largest absolute Gasteiger partial charge is 0.467 e. The average Bonchev–Trinajstić information content (AvgIpc) is 3.06. The van der Waals surface area contributed by atoms with Gasteiger partial charge in [0.15, 0.2) is 0 Å². The summed E-state index contributed by atoms with van der Waals surface area (Å²) < 4.78 is 5.22. The number of para-hydroxylation sites is 1. The smallest absolute Gasteiger partial charge is 0.254 e. The zero-order chi connectivity index (χ0) is 17.7. The summed E-state index contributed by atoms with van der Waals surface area (Å²) >= 11 is 0. The molecule has 0 aliphatic rings. The molecular formula is C18H22N2O4. The fourth-order valence-corrected chi connectivity index (χ4v) is 2.03. The molecule has 3 N–H and O–H groups in total. The third-order valence-electron chi connectivity index (χ3n) is 3.48. The predicted octanol–water partition coefficient (Wildman–Crippen LogP) is 2.73. The lowest BCUT2D eigenvalue weighted by Crippen LogP contribution is -2.32. The Morgan fingerprint density at radius 1 is 1.17 bits per heavy atom. The van der Waals surface area contributed by atoms with Crippen molar-refractivity contribution in [1.29, 1.82) is 0 Å². The molecule has 6 nitrogen and oxygen atoms in total. The van der Waals surface area contributed by atoms with Crippen LogP contribution in [-0.2, 0) is 4.79 Å². The highest BCUT2D eigenvalue weighted by atomic mass is 16.3. The highest BCUT2D eigenvalue weighted by Crippen LogP contribution is 2.21. The van der Waals surface area contributed by atoms with Gasteiger partial charge in [-0.25, -0.2) is 0 Å². The molecule has 0 saturated heterocycles. The second kappa shape index (κ2) is 7.31. The van der Waals surface area contributed by atoms with E-state index in [0.717, 1.165) is 0 Å². The summed E-state index contributed by atoms with van der Waals surface area (Å²) in [6, 6.07) is 9.44. The van der Waals surface area contributed by atoms with Crippen molar-refractivity contribution in [2.45, 2.75) is 26.8 Å². The molecule has 2 amide bonds. The van der Waals surface area contributed by atoms with Crippen LogP contribution in [0.25, 0.3) is 0 Å². The maximum absolute atomic E-state index is 12.5. The van der Waals surface area contributed by atoms with Crippen LogP contribution in [0, 0.1) is 5.41 Å². The van der Waals surface area contributed by atoms with Gasteiger partial charge in [0.25, 0.3) is 5.91 Å². The molecule has 1 heterocycles. The number of rotatable bonds is 5. The van der Waals surface area contributed by atoms with E-state index in [-0.39, 0.29) is 12.5 Å². The molecule has 0 fully saturated rings. The standard InChI is InChI=1S/C18H22N2O4/c1-18(2,3)17(23)20-13-8-5-4-7-12(13)16(22)19-14(11-21)15-9-6-10-24-15/h4-10,14,21H,11H2,1-3H3,(H,19,22)(H,20,23). The lowest BCUT2D eigenvalue weighted by Gasteiger charge is -2.20. The van der Waals surface area contributed by atoms with E-state index in [1.807, 2.05) is 0 Å². The van der Waals surface area contributed by atoms with E-state index in [9.17, 15) is 14.7 Å². The number of amides is 2. The van der Waals surface area contributed by atoms with Gasteiger partial charge in [-0.15, -0.1) is 0 Å². The Morgan fingerprint density at radius 3 is 2.46 bits per heavy atom. The van der Waals surface area contributed by atoms with Crippen LogP contribution in [0.15, 0.2) is 47.1 Å². The summed E-state index contributed by atoms with van der Waals surface area (Å²) in [6.45, 7) is 5.09. The minimum atomic E-state index is -0.654. The van der Waals surface area contributed by atoms with Crippen LogP contribution in [0.5, 0.6) is 0 Å². The van der Waals surface area contributed by atoms with Gasteiger partial charge in [0.1, 0.15) is 11.8 Å². The van der Waals surface area contributed by atoms with Gasteiger partial charge >= 0.3 is 0 Å². The van der Waals surface area contributed by atoms with Crippen molar-refractivity contribution in [2.24, 2.45) is 5.41 Å². The lowest BCUT2D eigenvalue weighted by molar-refractivity contribution is -0.123. The van der Waals surface area contributed by atoms with E-state index in [1.54, 1.807) is 57.2 Å². The van der Waals surface area contributed by atoms with E-state index in [1.165, 1.54) is 6.26 Å². The van der Waals surface area contributed by atoms with Crippen LogP contribution in [-0.4, -0.2) is 23.5 Å². The molecule has 2 aromatic rings. The summed E-state index contributed by atoms with van der Waals surface area (Å²) in [6.07, 6.45) is 1.47. The highest BCUT2D eigenvalue weighted by Gasteiger charge is 2.24. The fourth-order valence-electron chi connectivity index (χ4n) is 2.03. The molecule has 2 rings (SSSR count). The Kier molecular flexibility index (Phi) is 5.41. The normalized spacial score (nSPS) is 12.5. The van der Waals surface area contributed by atoms with Crippen LogP contribution in [0.4, 0.5) is 5.69 Å². The molecule has 0 aliphatic heterocycles. The Bertz CT molecular complexity index is 702. The third-order valence-corrected chi connectivity index (χ3v) is 3.48. The number of carbonyl (C=O) groups is 2. The van der Waals surface area contributed by atoms with Crippen molar-refractivity contribution in [3.8, 4) is 0 Å². The number of hydrogen-bond donors (Lipinski definition) is 3. The molecule has 0 bridgehead atoms. The molecule has 24 heavy (non-hydrogen) atoms. The second-order valence-electron chi connectivity index (χ2n) is 6.47. The van der Waals surface area contributed by atoms with Crippen LogP contribution in [0.1, 0.15) is 42.9 Å². The number of aliphatic hydroxyl groups is 1. The van der Waals surface area contributed by atoms with Crippen molar-refractivity contribution in [3.05, 3.63) is 54.0 Å². The Balaban J connectivity index is 2.19. The van der Waals surface area contributed by atoms with Gasteiger partial charge in [-0.3, -0.25) is 9.59 Å². The van der Waals surface area contributed by atoms with Crippen LogP contribution in [0.2, 0.25) is 0 Å². The van der Waals surface area contributed by atoms with Gasteiger partial charge in [0.2, 0.25) is 5.91 Å². The van der Waals surface area contributed by atoms with Crippen LogP contribution >= 0.6 is 0 Å². The number of furan rings is 1. The zero-order valence-electron chi connectivity index (χ0n) is 14.0. The molecule has 0 saturated carbocycles. The molecule has 0 spiro atoms. The van der Waals surface area contributed by atoms with Gasteiger partial charge in [0.05, 0.1) is 24.1 Å². The van der Waals surface area contributed by atoms with Gasteiger partial charge in [-0.2, -0.15) is 0 Å². The first-order valence-electron chi connectivity index (χ1n) is 7.68. The zero-order valence-corrected chi connectivity index (χ0v) is 14.0. The number of benzene rings is 1. The number of hydrogen-bond acceptors (Lipinski definition) is 4. The summed E-state index contributed by atoms with van der Waals surface area (Å²) in [5.74, 6) is -0.134. The topological polar surface area (TPSA) is 91.6 Å². The van der Waals surface area contributed by atoms with Gasteiger partial charge in [-0.1, -0.05) is 32.9 Å². The first kappa shape index (κ1) is 17.7. The minimum absolute atomic E-state index is 0.188. The second-order valence-corrected chi connectivity index (χ2v) is 6.47. The number of anilines is 1. The summed E-state index contributed by atoms with van der Waals surface area (Å²) in [7, 11) is 0. The van der Waals surface area contributed by atoms with Crippen molar-refractivity contribution in [2.75, 3.05) is 11.9 Å². The number of aliphatic hydroxyl groups excluding tert-OH is 1. The molecule has 0 aliphatic carbocycles. The minimum Gasteiger partial charge on any atom is -0.467 e. The summed E-state index contributed by atoms with van der Waals surface area (Å²) in [5, 5.41) is 14.9. The van der Waals surface area contributed by atoms with Gasteiger partial charge in [-0.05, 0) is 24.3 Å². The van der Waals surface area contributed by atoms with Crippen LogP contribution < -0.4 is 10.6 Å². The molecule has 6 heteroatoms. The predicted molar refractivity (Wildman–Crippen MR) is 90.5 cm³/mol. The van der Waals surface area contributed by atoms with Gasteiger partial charge in [0, 0.05) is 5.41 Å². The Labute approximate surface area is 140 Å². The maximum atomic E-state index is 12.5.